The highest BCUT2D eigenvalue weighted by Gasteiger charge is 2.15. The van der Waals surface area contributed by atoms with Gasteiger partial charge in [-0.2, -0.15) is 0 Å². The van der Waals surface area contributed by atoms with E-state index in [1.807, 2.05) is 45.9 Å². The van der Waals surface area contributed by atoms with E-state index in [-0.39, 0.29) is 5.92 Å². The Labute approximate surface area is 169 Å². The molecule has 0 heterocycles. The normalized spacial score (nSPS) is 12.9. The molecule has 1 atom stereocenters. The van der Waals surface area contributed by atoms with Gasteiger partial charge in [0.1, 0.15) is 11.4 Å². The molecule has 0 spiro atoms. The largest absolute Gasteiger partial charge is 0.496 e. The van der Waals surface area contributed by atoms with Gasteiger partial charge in [-0.1, -0.05) is 25.1 Å². The smallest absolute Gasteiger partial charge is 0.407 e. The third-order valence-electron chi connectivity index (χ3n) is 3.85. The SMILES string of the molecule is CCNC(=NCC(C)c1ccccc1OC)NCCCNC(=O)OC(C)(C)C. The first kappa shape index (κ1) is 23.6. The number of aliphatic imine (C=N–C) groups is 1. The molecule has 0 saturated heterocycles. The van der Waals surface area contributed by atoms with Crippen molar-refractivity contribution in [3.8, 4) is 5.75 Å². The van der Waals surface area contributed by atoms with Gasteiger partial charge in [-0.05, 0) is 45.7 Å². The van der Waals surface area contributed by atoms with Gasteiger partial charge in [0.05, 0.1) is 7.11 Å². The summed E-state index contributed by atoms with van der Waals surface area (Å²) >= 11 is 0. The van der Waals surface area contributed by atoms with Crippen LogP contribution in [0, 0.1) is 0 Å². The molecule has 1 aromatic carbocycles. The molecule has 0 bridgehead atoms. The summed E-state index contributed by atoms with van der Waals surface area (Å²) in [6.07, 6.45) is 0.379. The lowest BCUT2D eigenvalue weighted by molar-refractivity contribution is 0.0527. The third-order valence-corrected chi connectivity index (χ3v) is 3.85. The fourth-order valence-electron chi connectivity index (χ4n) is 2.54. The second-order valence-corrected chi connectivity index (χ2v) is 7.57. The molecule has 3 N–H and O–H groups in total. The van der Waals surface area contributed by atoms with E-state index in [0.29, 0.717) is 19.6 Å². The molecular weight excluding hydrogens is 356 g/mol. The first-order valence-electron chi connectivity index (χ1n) is 9.88. The van der Waals surface area contributed by atoms with Gasteiger partial charge in [-0.3, -0.25) is 4.99 Å². The monoisotopic (exact) mass is 392 g/mol. The maximum Gasteiger partial charge on any atom is 0.407 e. The summed E-state index contributed by atoms with van der Waals surface area (Å²) in [5.74, 6) is 1.89. The average molecular weight is 393 g/mol. The predicted molar refractivity (Wildman–Crippen MR) is 114 cm³/mol. The van der Waals surface area contributed by atoms with Gasteiger partial charge in [0, 0.05) is 32.1 Å². The highest BCUT2D eigenvalue weighted by Crippen LogP contribution is 2.26. The van der Waals surface area contributed by atoms with Gasteiger partial charge < -0.3 is 25.4 Å². The van der Waals surface area contributed by atoms with Crippen molar-refractivity contribution in [3.63, 3.8) is 0 Å². The number of amides is 1. The van der Waals surface area contributed by atoms with E-state index in [1.165, 1.54) is 0 Å². The molecule has 7 nitrogen and oxygen atoms in total. The summed E-state index contributed by atoms with van der Waals surface area (Å²) in [5.41, 5.74) is 0.664. The van der Waals surface area contributed by atoms with Crippen molar-refractivity contribution in [2.45, 2.75) is 52.6 Å². The number of nitrogens with zero attached hydrogens (tertiary/aromatic N) is 1. The van der Waals surface area contributed by atoms with Crippen LogP contribution in [0.25, 0.3) is 0 Å². The minimum Gasteiger partial charge on any atom is -0.496 e. The van der Waals surface area contributed by atoms with Crippen molar-refractivity contribution in [1.29, 1.82) is 0 Å². The van der Waals surface area contributed by atoms with Crippen LogP contribution in [0.1, 0.15) is 52.5 Å². The number of carbonyl (C=O) groups is 1. The molecule has 0 aliphatic heterocycles. The Bertz CT molecular complexity index is 626. The molecule has 1 rings (SSSR count). The van der Waals surface area contributed by atoms with Crippen molar-refractivity contribution >= 4 is 12.1 Å². The summed E-state index contributed by atoms with van der Waals surface area (Å²) in [4.78, 5) is 16.3. The number of hydrogen-bond acceptors (Lipinski definition) is 4. The Morgan fingerprint density at radius 2 is 1.82 bits per heavy atom. The topological polar surface area (TPSA) is 84.0 Å². The lowest BCUT2D eigenvalue weighted by Crippen LogP contribution is -2.39. The molecule has 7 heteroatoms. The predicted octanol–water partition coefficient (Wildman–Crippen LogP) is 3.27. The van der Waals surface area contributed by atoms with Crippen LogP contribution >= 0.6 is 0 Å². The van der Waals surface area contributed by atoms with E-state index in [4.69, 9.17) is 9.47 Å². The number of ether oxygens (including phenoxy) is 2. The van der Waals surface area contributed by atoms with Gasteiger partial charge in [-0.15, -0.1) is 0 Å². The van der Waals surface area contributed by atoms with Crippen molar-refractivity contribution in [2.24, 2.45) is 4.99 Å². The van der Waals surface area contributed by atoms with Crippen LogP contribution < -0.4 is 20.7 Å². The minimum atomic E-state index is -0.481. The van der Waals surface area contributed by atoms with Crippen LogP contribution in [0.4, 0.5) is 4.79 Å². The number of methoxy groups -OCH3 is 1. The van der Waals surface area contributed by atoms with Crippen LogP contribution in [-0.4, -0.2) is 50.9 Å². The number of carbonyl (C=O) groups excluding carboxylic acids is 1. The zero-order valence-electron chi connectivity index (χ0n) is 18.1. The van der Waals surface area contributed by atoms with Crippen molar-refractivity contribution in [3.05, 3.63) is 29.8 Å². The van der Waals surface area contributed by atoms with Crippen LogP contribution in [0.5, 0.6) is 5.75 Å². The summed E-state index contributed by atoms with van der Waals surface area (Å²) < 4.78 is 10.7. The van der Waals surface area contributed by atoms with E-state index >= 15 is 0 Å². The first-order valence-corrected chi connectivity index (χ1v) is 9.88. The molecule has 158 valence electrons. The zero-order valence-corrected chi connectivity index (χ0v) is 18.1. The summed E-state index contributed by atoms with van der Waals surface area (Å²) in [6, 6.07) is 8.02. The zero-order chi connectivity index (χ0) is 21.0. The number of benzene rings is 1. The molecule has 0 fully saturated rings. The summed E-state index contributed by atoms with van der Waals surface area (Å²) in [6.45, 7) is 12.4. The van der Waals surface area contributed by atoms with Crippen LogP contribution in [-0.2, 0) is 4.74 Å². The van der Waals surface area contributed by atoms with E-state index in [2.05, 4.69) is 33.9 Å². The maximum absolute atomic E-state index is 11.6. The van der Waals surface area contributed by atoms with Crippen molar-refractivity contribution in [2.75, 3.05) is 33.3 Å². The molecule has 1 aromatic rings. The van der Waals surface area contributed by atoms with E-state index in [0.717, 1.165) is 30.2 Å². The maximum atomic E-state index is 11.6. The van der Waals surface area contributed by atoms with Crippen molar-refractivity contribution in [1.82, 2.24) is 16.0 Å². The van der Waals surface area contributed by atoms with Gasteiger partial charge >= 0.3 is 6.09 Å². The minimum absolute atomic E-state index is 0.237. The van der Waals surface area contributed by atoms with Crippen molar-refractivity contribution < 1.29 is 14.3 Å². The third kappa shape index (κ3) is 9.48. The summed E-state index contributed by atoms with van der Waals surface area (Å²) in [5, 5.41) is 9.29. The van der Waals surface area contributed by atoms with Gasteiger partial charge in [-0.25, -0.2) is 4.79 Å². The van der Waals surface area contributed by atoms with Gasteiger partial charge in [0.2, 0.25) is 0 Å². The highest BCUT2D eigenvalue weighted by atomic mass is 16.6. The Morgan fingerprint density at radius 3 is 2.46 bits per heavy atom. The molecule has 0 aliphatic carbocycles. The fraction of sp³-hybridized carbons (Fsp3) is 0.619. The molecule has 1 amide bonds. The molecule has 1 unspecified atom stereocenters. The Balaban J connectivity index is 2.44. The summed E-state index contributed by atoms with van der Waals surface area (Å²) in [7, 11) is 1.69. The Kier molecular flexibility index (Phi) is 10.2. The Morgan fingerprint density at radius 1 is 1.14 bits per heavy atom. The number of para-hydroxylation sites is 1. The van der Waals surface area contributed by atoms with E-state index in [9.17, 15) is 4.79 Å². The molecular formula is C21H36N4O3. The molecule has 0 radical (unpaired) electrons. The van der Waals surface area contributed by atoms with E-state index in [1.54, 1.807) is 7.11 Å². The van der Waals surface area contributed by atoms with Crippen LogP contribution in [0.2, 0.25) is 0 Å². The average Bonchev–Trinajstić information content (AvgIpc) is 2.63. The molecule has 28 heavy (non-hydrogen) atoms. The standard InChI is InChI=1S/C21H36N4O3/c1-7-22-19(23-13-10-14-24-20(26)28-21(3,4)5)25-15-16(2)17-11-8-9-12-18(17)27-6/h8-9,11-12,16H,7,10,13-15H2,1-6H3,(H,24,26)(H2,22,23,25). The quantitative estimate of drug-likeness (QED) is 0.341. The second kappa shape index (κ2) is 12.1. The number of guanidine groups is 1. The van der Waals surface area contributed by atoms with Gasteiger partial charge in [0.15, 0.2) is 5.96 Å². The number of hydrogen-bond donors (Lipinski definition) is 3. The number of rotatable bonds is 9. The van der Waals surface area contributed by atoms with Crippen LogP contribution in [0.3, 0.4) is 0 Å². The lowest BCUT2D eigenvalue weighted by Gasteiger charge is -2.19. The highest BCUT2D eigenvalue weighted by molar-refractivity contribution is 5.79. The Hall–Kier alpha value is -2.44. The lowest BCUT2D eigenvalue weighted by atomic mass is 10.0. The number of alkyl carbamates (subject to hydrolysis) is 1. The van der Waals surface area contributed by atoms with Gasteiger partial charge in [0.25, 0.3) is 0 Å². The first-order chi connectivity index (χ1) is 13.3. The second-order valence-electron chi connectivity index (χ2n) is 7.57. The fourth-order valence-corrected chi connectivity index (χ4v) is 2.54. The van der Waals surface area contributed by atoms with E-state index < -0.39 is 11.7 Å². The molecule has 0 aromatic heterocycles. The number of nitrogens with one attached hydrogen (secondary N) is 3. The molecule has 0 saturated carbocycles. The molecule has 0 aliphatic rings. The van der Waals surface area contributed by atoms with Crippen LogP contribution in [0.15, 0.2) is 29.3 Å².